The van der Waals surface area contributed by atoms with Crippen LogP contribution in [0.25, 0.3) is 11.3 Å². The number of amides is 1. The van der Waals surface area contributed by atoms with Crippen LogP contribution in [0.15, 0.2) is 61.1 Å². The van der Waals surface area contributed by atoms with E-state index in [1.165, 1.54) is 0 Å². The minimum atomic E-state index is -0.00731. The highest BCUT2D eigenvalue weighted by Crippen LogP contribution is 2.16. The van der Waals surface area contributed by atoms with Crippen molar-refractivity contribution in [3.63, 3.8) is 0 Å². The van der Waals surface area contributed by atoms with Crippen LogP contribution in [0.5, 0.6) is 0 Å². The number of aromatic amines is 1. The van der Waals surface area contributed by atoms with Crippen molar-refractivity contribution in [1.29, 1.82) is 10.5 Å². The van der Waals surface area contributed by atoms with E-state index < -0.39 is 0 Å². The Bertz CT molecular complexity index is 992. The van der Waals surface area contributed by atoms with Crippen molar-refractivity contribution in [2.45, 2.75) is 0 Å². The minimum Gasteiger partial charge on any atom is -0.412 e. The van der Waals surface area contributed by atoms with E-state index in [0.717, 1.165) is 11.3 Å². The number of hydrogen-bond donors (Lipinski definition) is 2. The normalized spacial score (nSPS) is 8.38. The predicted octanol–water partition coefficient (Wildman–Crippen LogP) is 2.36. The van der Waals surface area contributed by atoms with Gasteiger partial charge in [-0.3, -0.25) is 9.59 Å². The Hall–Kier alpha value is -3.79. The molecule has 0 aliphatic carbocycles. The van der Waals surface area contributed by atoms with Crippen molar-refractivity contribution in [3.05, 3.63) is 77.7 Å². The second-order valence-electron chi connectivity index (χ2n) is 5.04. The van der Waals surface area contributed by atoms with Gasteiger partial charge in [0.25, 0.3) is 0 Å². The number of rotatable bonds is 3. The first kappa shape index (κ1) is 25.2. The molecule has 29 heavy (non-hydrogen) atoms. The van der Waals surface area contributed by atoms with Gasteiger partial charge in [0, 0.05) is 11.1 Å². The molecule has 3 aromatic rings. The number of halogens is 1. The molecule has 0 spiro atoms. The number of nitrogens with one attached hydrogen (secondary N) is 1. The molecule has 5 N–H and O–H groups in total. The smallest absolute Gasteiger partial charge is 0.204 e. The zero-order valence-corrected chi connectivity index (χ0v) is 16.8. The van der Waals surface area contributed by atoms with Crippen LogP contribution < -0.4 is 5.73 Å². The third kappa shape index (κ3) is 8.63. The zero-order chi connectivity index (χ0) is 20.8. The number of ketones is 1. The number of aromatic nitrogens is 2. The van der Waals surface area contributed by atoms with E-state index in [4.69, 9.17) is 15.3 Å². The van der Waals surface area contributed by atoms with Crippen molar-refractivity contribution in [3.8, 4) is 23.4 Å². The number of nitrogens with zero attached hydrogens (tertiary/aromatic N) is 3. The zero-order valence-electron chi connectivity index (χ0n) is 15.2. The molecule has 1 aromatic heterocycles. The molecule has 9 heteroatoms. The predicted molar refractivity (Wildman–Crippen MR) is 112 cm³/mol. The molecular weight excluding hydrogens is 438 g/mol. The lowest BCUT2D eigenvalue weighted by Gasteiger charge is -1.96. The molecule has 0 unspecified atom stereocenters. The van der Waals surface area contributed by atoms with Crippen molar-refractivity contribution in [2.75, 3.05) is 5.33 Å². The molecule has 2 aromatic carbocycles. The van der Waals surface area contributed by atoms with Gasteiger partial charge in [-0.05, 0) is 24.3 Å². The maximum absolute atomic E-state index is 11.1. The Morgan fingerprint density at radius 3 is 2.24 bits per heavy atom. The lowest BCUT2D eigenvalue weighted by atomic mass is 10.1. The van der Waals surface area contributed by atoms with Crippen LogP contribution in [0.3, 0.4) is 0 Å². The molecule has 0 aliphatic heterocycles. The molecular formula is C20H18BrN5O3. The number of nitriles is 2. The monoisotopic (exact) mass is 455 g/mol. The number of H-pyrrole nitrogens is 1. The summed E-state index contributed by atoms with van der Waals surface area (Å²) in [5.74, 6) is -0.00731. The number of carbonyl (C=O) groups is 2. The van der Waals surface area contributed by atoms with Gasteiger partial charge in [-0.2, -0.15) is 10.5 Å². The van der Waals surface area contributed by atoms with E-state index in [1.54, 1.807) is 42.9 Å². The van der Waals surface area contributed by atoms with Gasteiger partial charge >= 0.3 is 0 Å². The minimum absolute atomic E-state index is 0. The van der Waals surface area contributed by atoms with Gasteiger partial charge in [0.15, 0.2) is 5.78 Å². The second kappa shape index (κ2) is 14.3. The summed E-state index contributed by atoms with van der Waals surface area (Å²) in [6, 6.07) is 18.1. The maximum atomic E-state index is 11.1. The van der Waals surface area contributed by atoms with E-state index in [1.807, 2.05) is 24.3 Å². The van der Waals surface area contributed by atoms with Gasteiger partial charge in [0.2, 0.25) is 6.41 Å². The van der Waals surface area contributed by atoms with Crippen molar-refractivity contribution < 1.29 is 15.1 Å². The van der Waals surface area contributed by atoms with Crippen LogP contribution in [0.1, 0.15) is 21.5 Å². The number of imidazole rings is 1. The van der Waals surface area contributed by atoms with E-state index >= 15 is 0 Å². The quantitative estimate of drug-likeness (QED) is 0.350. The summed E-state index contributed by atoms with van der Waals surface area (Å²) in [6.45, 7) is 0. The fourth-order valence-electron chi connectivity index (χ4n) is 2.01. The third-order valence-electron chi connectivity index (χ3n) is 3.24. The highest BCUT2D eigenvalue weighted by molar-refractivity contribution is 9.09. The SMILES string of the molecule is N#Cc1cccc(-c2cnc[nH]2)c1.N#Cc1cccc(C(=O)CBr)c1.NC=O.O. The fraction of sp³-hybridized carbons (Fsp3) is 0.0500. The molecule has 0 atom stereocenters. The van der Waals surface area contributed by atoms with Crippen LogP contribution >= 0.6 is 15.9 Å². The fourth-order valence-corrected chi connectivity index (χ4v) is 2.33. The number of hydrogen-bond acceptors (Lipinski definition) is 5. The van der Waals surface area contributed by atoms with E-state index in [2.05, 4.69) is 37.7 Å². The van der Waals surface area contributed by atoms with Gasteiger partial charge in [-0.25, -0.2) is 4.98 Å². The van der Waals surface area contributed by atoms with Crippen LogP contribution in [-0.4, -0.2) is 33.0 Å². The summed E-state index contributed by atoms with van der Waals surface area (Å²) in [5, 5.41) is 17.5. The first-order chi connectivity index (χ1) is 13.6. The highest BCUT2D eigenvalue weighted by atomic mass is 79.9. The summed E-state index contributed by atoms with van der Waals surface area (Å²) in [4.78, 5) is 26.6. The molecule has 1 amide bonds. The van der Waals surface area contributed by atoms with Crippen molar-refractivity contribution in [1.82, 2.24) is 9.97 Å². The Kier molecular flexibility index (Phi) is 12.4. The average Bonchev–Trinajstić information content (AvgIpc) is 3.29. The molecule has 0 saturated carbocycles. The van der Waals surface area contributed by atoms with Gasteiger partial charge in [0.1, 0.15) is 0 Å². The maximum Gasteiger partial charge on any atom is 0.204 e. The Morgan fingerprint density at radius 1 is 1.14 bits per heavy atom. The molecule has 8 nitrogen and oxygen atoms in total. The van der Waals surface area contributed by atoms with Gasteiger partial charge in [-0.15, -0.1) is 0 Å². The third-order valence-corrected chi connectivity index (χ3v) is 3.75. The molecule has 3 rings (SSSR count). The van der Waals surface area contributed by atoms with Gasteiger partial charge < -0.3 is 16.2 Å². The Balaban J connectivity index is 0.000000464. The van der Waals surface area contributed by atoms with E-state index in [0.29, 0.717) is 22.0 Å². The second-order valence-corrected chi connectivity index (χ2v) is 5.60. The van der Waals surface area contributed by atoms with E-state index in [9.17, 15) is 4.79 Å². The first-order valence-corrected chi connectivity index (χ1v) is 8.95. The van der Waals surface area contributed by atoms with Crippen LogP contribution in [-0.2, 0) is 4.79 Å². The number of primary amides is 1. The number of carbonyl (C=O) groups excluding carboxylic acids is 2. The van der Waals surface area contributed by atoms with E-state index in [-0.39, 0.29) is 17.7 Å². The van der Waals surface area contributed by atoms with Gasteiger partial charge in [0.05, 0.1) is 46.8 Å². The standard InChI is InChI=1S/C10H7N3.C9H6BrNO.CH3NO.H2O/c11-5-8-2-1-3-9(4-8)10-6-12-7-13-10;10-5-9(12)8-3-1-2-7(4-8)6-11;2-1-3;/h1-4,6-7H,(H,12,13);1-4H,5H2;1H,(H2,2,3);1H2. The highest BCUT2D eigenvalue weighted by Gasteiger charge is 2.03. The molecule has 0 fully saturated rings. The number of Topliss-reactive ketones (excluding diaryl/α,β-unsaturated/α-hetero) is 1. The lowest BCUT2D eigenvalue weighted by Crippen LogP contribution is -1.99. The summed E-state index contributed by atoms with van der Waals surface area (Å²) in [6.07, 6.45) is 3.60. The molecule has 0 aliphatic rings. The Labute approximate surface area is 176 Å². The average molecular weight is 456 g/mol. The number of alkyl halides is 1. The molecule has 0 radical (unpaired) electrons. The largest absolute Gasteiger partial charge is 0.412 e. The summed E-state index contributed by atoms with van der Waals surface area (Å²) < 4.78 is 0. The number of nitrogens with two attached hydrogens (primary N) is 1. The molecule has 0 bridgehead atoms. The number of benzene rings is 2. The van der Waals surface area contributed by atoms with Crippen molar-refractivity contribution >= 4 is 28.1 Å². The summed E-state index contributed by atoms with van der Waals surface area (Å²) >= 11 is 3.07. The molecule has 1 heterocycles. The topological polar surface area (TPSA) is 168 Å². The summed E-state index contributed by atoms with van der Waals surface area (Å²) in [7, 11) is 0. The molecule has 148 valence electrons. The summed E-state index contributed by atoms with van der Waals surface area (Å²) in [5.41, 5.74) is 7.83. The Morgan fingerprint density at radius 2 is 1.72 bits per heavy atom. The first-order valence-electron chi connectivity index (χ1n) is 7.83. The van der Waals surface area contributed by atoms with Crippen molar-refractivity contribution in [2.24, 2.45) is 5.73 Å². The molecule has 0 saturated heterocycles. The van der Waals surface area contributed by atoms with Crippen LogP contribution in [0.2, 0.25) is 0 Å². The van der Waals surface area contributed by atoms with Crippen LogP contribution in [0, 0.1) is 22.7 Å². The van der Waals surface area contributed by atoms with Crippen LogP contribution in [0.4, 0.5) is 0 Å². The van der Waals surface area contributed by atoms with Gasteiger partial charge in [-0.1, -0.05) is 40.2 Å². The lowest BCUT2D eigenvalue weighted by molar-refractivity contribution is -0.106.